The number of nitrogens with one attached hydrogen (secondary N) is 1. The smallest absolute Gasteiger partial charge is 0.318 e. The lowest BCUT2D eigenvalue weighted by Gasteiger charge is -2.38. The van der Waals surface area contributed by atoms with E-state index in [4.69, 9.17) is 5.73 Å². The van der Waals surface area contributed by atoms with Crippen LogP contribution in [-0.2, 0) is 4.79 Å². The van der Waals surface area contributed by atoms with E-state index < -0.39 is 6.03 Å². The Labute approximate surface area is 114 Å². The van der Waals surface area contributed by atoms with Crippen LogP contribution in [0.25, 0.3) is 0 Å². The highest BCUT2D eigenvalue weighted by Crippen LogP contribution is 2.24. The first-order chi connectivity index (χ1) is 9.15. The van der Waals surface area contributed by atoms with Gasteiger partial charge < -0.3 is 10.6 Å². The van der Waals surface area contributed by atoms with Gasteiger partial charge in [-0.15, -0.1) is 0 Å². The molecule has 1 aliphatic heterocycles. The van der Waals surface area contributed by atoms with Gasteiger partial charge in [-0.25, -0.2) is 4.79 Å². The molecule has 2 fully saturated rings. The zero-order valence-electron chi connectivity index (χ0n) is 11.4. The lowest BCUT2D eigenvalue weighted by Crippen LogP contribution is -2.50. The summed E-state index contributed by atoms with van der Waals surface area (Å²) in [5.74, 6) is -0.286. The van der Waals surface area contributed by atoms with E-state index in [0.717, 1.165) is 32.2 Å². The van der Waals surface area contributed by atoms with Crippen LogP contribution >= 0.6 is 0 Å². The number of primary amides is 1. The lowest BCUT2D eigenvalue weighted by atomic mass is 10.2. The Kier molecular flexibility index (Phi) is 5.15. The molecule has 0 unspecified atom stereocenters. The van der Waals surface area contributed by atoms with Crippen molar-refractivity contribution in [2.24, 2.45) is 5.73 Å². The van der Waals surface area contributed by atoms with Crippen LogP contribution in [-0.4, -0.2) is 60.5 Å². The molecule has 1 saturated heterocycles. The summed E-state index contributed by atoms with van der Waals surface area (Å²) in [7, 11) is 0. The van der Waals surface area contributed by atoms with E-state index in [1.807, 2.05) is 0 Å². The SMILES string of the molecule is NC(=O)NC(=O)CCN1CCN(C2CCCC2)CC1. The van der Waals surface area contributed by atoms with Gasteiger partial charge in [0, 0.05) is 45.2 Å². The van der Waals surface area contributed by atoms with E-state index in [-0.39, 0.29) is 5.91 Å². The number of carbonyl (C=O) groups excluding carboxylic acids is 2. The Morgan fingerprint density at radius 3 is 2.32 bits per heavy atom. The molecule has 0 radical (unpaired) electrons. The van der Waals surface area contributed by atoms with Crippen LogP contribution in [0.2, 0.25) is 0 Å². The lowest BCUT2D eigenvalue weighted by molar-refractivity contribution is -0.120. The molecule has 3 N–H and O–H groups in total. The van der Waals surface area contributed by atoms with Crippen LogP contribution in [0.4, 0.5) is 4.79 Å². The number of nitrogens with zero attached hydrogens (tertiary/aromatic N) is 2. The van der Waals surface area contributed by atoms with E-state index in [9.17, 15) is 9.59 Å². The van der Waals surface area contributed by atoms with Gasteiger partial charge in [-0.1, -0.05) is 12.8 Å². The second-order valence-electron chi connectivity index (χ2n) is 5.48. The van der Waals surface area contributed by atoms with Crippen molar-refractivity contribution in [2.75, 3.05) is 32.7 Å². The van der Waals surface area contributed by atoms with E-state index in [0.29, 0.717) is 13.0 Å². The summed E-state index contributed by atoms with van der Waals surface area (Å²) < 4.78 is 0. The van der Waals surface area contributed by atoms with Gasteiger partial charge in [0.2, 0.25) is 5.91 Å². The summed E-state index contributed by atoms with van der Waals surface area (Å²) in [4.78, 5) is 26.7. The van der Waals surface area contributed by atoms with Crippen molar-refractivity contribution in [3.63, 3.8) is 0 Å². The Morgan fingerprint density at radius 1 is 1.11 bits per heavy atom. The Morgan fingerprint density at radius 2 is 1.74 bits per heavy atom. The molecular formula is C13H24N4O2. The van der Waals surface area contributed by atoms with Gasteiger partial charge >= 0.3 is 6.03 Å². The second kappa shape index (κ2) is 6.86. The summed E-state index contributed by atoms with van der Waals surface area (Å²) in [6.07, 6.45) is 5.78. The van der Waals surface area contributed by atoms with Gasteiger partial charge in [-0.05, 0) is 12.8 Å². The molecule has 0 spiro atoms. The van der Waals surface area contributed by atoms with Gasteiger partial charge in [0.25, 0.3) is 0 Å². The van der Waals surface area contributed by atoms with Crippen molar-refractivity contribution >= 4 is 11.9 Å². The summed E-state index contributed by atoms with van der Waals surface area (Å²) in [5, 5.41) is 2.10. The fourth-order valence-corrected chi connectivity index (χ4v) is 3.08. The Bertz CT molecular complexity index is 321. The number of hydrogen-bond donors (Lipinski definition) is 2. The predicted octanol–water partition coefficient (Wildman–Crippen LogP) is 0.132. The quantitative estimate of drug-likeness (QED) is 0.760. The van der Waals surface area contributed by atoms with Crippen molar-refractivity contribution in [1.82, 2.24) is 15.1 Å². The maximum atomic E-state index is 11.3. The molecule has 19 heavy (non-hydrogen) atoms. The average molecular weight is 268 g/mol. The molecule has 1 heterocycles. The van der Waals surface area contributed by atoms with Crippen LogP contribution in [0.3, 0.4) is 0 Å². The second-order valence-corrected chi connectivity index (χ2v) is 5.48. The van der Waals surface area contributed by atoms with Crippen LogP contribution < -0.4 is 11.1 Å². The minimum Gasteiger partial charge on any atom is -0.351 e. The summed E-state index contributed by atoms with van der Waals surface area (Å²) in [6, 6.07) is 0.0244. The molecule has 3 amide bonds. The number of nitrogens with two attached hydrogens (primary N) is 1. The fraction of sp³-hybridized carbons (Fsp3) is 0.846. The number of urea groups is 1. The molecule has 108 valence electrons. The molecular weight excluding hydrogens is 244 g/mol. The standard InChI is InChI=1S/C13H24N4O2/c14-13(19)15-12(18)5-6-16-7-9-17(10-8-16)11-3-1-2-4-11/h11H,1-10H2,(H3,14,15,18,19). The Hall–Kier alpha value is -1.14. The highest BCUT2D eigenvalue weighted by molar-refractivity contribution is 5.93. The summed E-state index contributed by atoms with van der Waals surface area (Å²) in [5.41, 5.74) is 4.90. The molecule has 0 aromatic rings. The monoisotopic (exact) mass is 268 g/mol. The number of amides is 3. The normalized spacial score (nSPS) is 22.5. The number of piperazine rings is 1. The first-order valence-corrected chi connectivity index (χ1v) is 7.21. The van der Waals surface area contributed by atoms with Gasteiger partial charge in [-0.2, -0.15) is 0 Å². The molecule has 2 rings (SSSR count). The van der Waals surface area contributed by atoms with Crippen molar-refractivity contribution in [3.05, 3.63) is 0 Å². The van der Waals surface area contributed by atoms with Crippen molar-refractivity contribution in [1.29, 1.82) is 0 Å². The van der Waals surface area contributed by atoms with Crippen molar-refractivity contribution in [3.8, 4) is 0 Å². The van der Waals surface area contributed by atoms with Crippen LogP contribution in [0.5, 0.6) is 0 Å². The number of hydrogen-bond acceptors (Lipinski definition) is 4. The topological polar surface area (TPSA) is 78.7 Å². The number of rotatable bonds is 4. The first-order valence-electron chi connectivity index (χ1n) is 7.21. The maximum Gasteiger partial charge on any atom is 0.318 e. The van der Waals surface area contributed by atoms with Gasteiger partial charge in [-0.3, -0.25) is 15.0 Å². The third-order valence-corrected chi connectivity index (χ3v) is 4.17. The van der Waals surface area contributed by atoms with Crippen molar-refractivity contribution in [2.45, 2.75) is 38.1 Å². The van der Waals surface area contributed by atoms with E-state index in [1.54, 1.807) is 0 Å². The van der Waals surface area contributed by atoms with Crippen LogP contribution in [0.15, 0.2) is 0 Å². The zero-order chi connectivity index (χ0) is 13.7. The van der Waals surface area contributed by atoms with Crippen LogP contribution in [0, 0.1) is 0 Å². The molecule has 2 aliphatic rings. The largest absolute Gasteiger partial charge is 0.351 e. The molecule has 1 saturated carbocycles. The first kappa shape index (κ1) is 14.3. The summed E-state index contributed by atoms with van der Waals surface area (Å²) >= 11 is 0. The molecule has 1 aliphatic carbocycles. The highest BCUT2D eigenvalue weighted by atomic mass is 16.2. The van der Waals surface area contributed by atoms with Gasteiger partial charge in [0.1, 0.15) is 0 Å². The van der Waals surface area contributed by atoms with E-state index in [1.165, 1.54) is 25.7 Å². The predicted molar refractivity (Wildman–Crippen MR) is 72.6 cm³/mol. The van der Waals surface area contributed by atoms with Gasteiger partial charge in [0.15, 0.2) is 0 Å². The van der Waals surface area contributed by atoms with Gasteiger partial charge in [0.05, 0.1) is 0 Å². The zero-order valence-corrected chi connectivity index (χ0v) is 11.4. The fourth-order valence-electron chi connectivity index (χ4n) is 3.08. The highest BCUT2D eigenvalue weighted by Gasteiger charge is 2.26. The van der Waals surface area contributed by atoms with Crippen molar-refractivity contribution < 1.29 is 9.59 Å². The van der Waals surface area contributed by atoms with E-state index in [2.05, 4.69) is 15.1 Å². The third-order valence-electron chi connectivity index (χ3n) is 4.17. The maximum absolute atomic E-state index is 11.3. The average Bonchev–Trinajstić information content (AvgIpc) is 2.90. The number of imide groups is 1. The number of carbonyl (C=O) groups is 2. The third kappa shape index (κ3) is 4.47. The summed E-state index contributed by atoms with van der Waals surface area (Å²) in [6.45, 7) is 4.93. The minimum absolute atomic E-state index is 0.286. The molecule has 0 aromatic carbocycles. The van der Waals surface area contributed by atoms with Crippen LogP contribution in [0.1, 0.15) is 32.1 Å². The molecule has 6 heteroatoms. The molecule has 0 aromatic heterocycles. The van der Waals surface area contributed by atoms with E-state index >= 15 is 0 Å². The molecule has 0 atom stereocenters. The minimum atomic E-state index is -0.768. The molecule has 6 nitrogen and oxygen atoms in total. The molecule has 0 bridgehead atoms. The Balaban J connectivity index is 1.63.